The second-order valence-electron chi connectivity index (χ2n) is 8.50. The zero-order valence-corrected chi connectivity index (χ0v) is 20.7. The van der Waals surface area contributed by atoms with Gasteiger partial charge in [0.15, 0.2) is 0 Å². The molecule has 0 aliphatic carbocycles. The Morgan fingerprint density at radius 3 is 2.20 bits per heavy atom. The van der Waals surface area contributed by atoms with Crippen LogP contribution in [0.2, 0.25) is 0 Å². The number of nitrogens with zero attached hydrogens (tertiary/aromatic N) is 2. The van der Waals surface area contributed by atoms with Crippen molar-refractivity contribution in [3.8, 4) is 5.75 Å². The first-order valence-electron chi connectivity index (χ1n) is 11.0. The number of amides is 2. The molecule has 182 valence electrons. The minimum Gasteiger partial charge on any atom is -0.497 e. The van der Waals surface area contributed by atoms with Gasteiger partial charge in [-0.2, -0.15) is 0 Å². The molecule has 0 fully saturated rings. The SMILES string of the molecule is COc1ccc([C@H]2[C@@H](C(=O)Nc3ccc(S(=O)(=O)N(C)C)cc3)c3ccccc3C(=O)N2C)cc1. The fraction of sp³-hybridized carbons (Fsp3) is 0.231. The molecule has 35 heavy (non-hydrogen) atoms. The minimum atomic E-state index is -3.58. The van der Waals surface area contributed by atoms with Gasteiger partial charge in [0, 0.05) is 32.4 Å². The van der Waals surface area contributed by atoms with Crippen LogP contribution in [-0.2, 0) is 14.8 Å². The molecule has 2 atom stereocenters. The largest absolute Gasteiger partial charge is 0.497 e. The van der Waals surface area contributed by atoms with E-state index in [1.165, 1.54) is 26.2 Å². The Labute approximate surface area is 205 Å². The Bertz CT molecular complexity index is 1350. The summed E-state index contributed by atoms with van der Waals surface area (Å²) in [5, 5.41) is 2.91. The lowest BCUT2D eigenvalue weighted by molar-refractivity contribution is -0.119. The topological polar surface area (TPSA) is 96.0 Å². The lowest BCUT2D eigenvalue weighted by Crippen LogP contribution is -2.44. The van der Waals surface area contributed by atoms with Gasteiger partial charge in [-0.25, -0.2) is 12.7 Å². The van der Waals surface area contributed by atoms with Crippen molar-refractivity contribution < 1.29 is 22.7 Å². The molecule has 3 aromatic rings. The number of hydrogen-bond acceptors (Lipinski definition) is 5. The van der Waals surface area contributed by atoms with Crippen molar-refractivity contribution in [3.63, 3.8) is 0 Å². The van der Waals surface area contributed by atoms with E-state index in [1.807, 2.05) is 18.2 Å². The molecule has 9 heteroatoms. The molecule has 1 aliphatic heterocycles. The number of hydrogen-bond donors (Lipinski definition) is 1. The van der Waals surface area contributed by atoms with Crippen molar-refractivity contribution in [1.29, 1.82) is 0 Å². The van der Waals surface area contributed by atoms with Gasteiger partial charge in [-0.05, 0) is 53.6 Å². The monoisotopic (exact) mass is 493 g/mol. The lowest BCUT2D eigenvalue weighted by Gasteiger charge is -2.39. The maximum absolute atomic E-state index is 13.7. The fourth-order valence-corrected chi connectivity index (χ4v) is 5.22. The molecule has 2 amide bonds. The van der Waals surface area contributed by atoms with E-state index in [-0.39, 0.29) is 16.7 Å². The lowest BCUT2D eigenvalue weighted by atomic mass is 9.79. The molecule has 1 heterocycles. The van der Waals surface area contributed by atoms with Gasteiger partial charge in [0.1, 0.15) is 5.75 Å². The number of ether oxygens (including phenoxy) is 1. The minimum absolute atomic E-state index is 0.130. The van der Waals surface area contributed by atoms with Crippen LogP contribution in [0.15, 0.2) is 77.7 Å². The van der Waals surface area contributed by atoms with Gasteiger partial charge in [0.05, 0.1) is 24.0 Å². The number of anilines is 1. The van der Waals surface area contributed by atoms with Gasteiger partial charge in [0.25, 0.3) is 5.91 Å². The zero-order chi connectivity index (χ0) is 25.3. The molecule has 0 radical (unpaired) electrons. The zero-order valence-electron chi connectivity index (χ0n) is 19.9. The molecular weight excluding hydrogens is 466 g/mol. The molecule has 4 rings (SSSR count). The molecule has 0 aromatic heterocycles. The Morgan fingerprint density at radius 2 is 1.60 bits per heavy atom. The number of nitrogens with one attached hydrogen (secondary N) is 1. The summed E-state index contributed by atoms with van der Waals surface area (Å²) in [6, 6.07) is 19.9. The highest BCUT2D eigenvalue weighted by Crippen LogP contribution is 2.42. The van der Waals surface area contributed by atoms with Crippen LogP contribution in [0.4, 0.5) is 5.69 Å². The summed E-state index contributed by atoms with van der Waals surface area (Å²) < 4.78 is 31.1. The fourth-order valence-electron chi connectivity index (χ4n) is 4.32. The van der Waals surface area contributed by atoms with Crippen LogP contribution in [-0.4, -0.2) is 57.7 Å². The summed E-state index contributed by atoms with van der Waals surface area (Å²) >= 11 is 0. The number of likely N-dealkylation sites (N-methyl/N-ethyl adjacent to an activating group) is 1. The van der Waals surface area contributed by atoms with Gasteiger partial charge in [-0.15, -0.1) is 0 Å². The predicted octanol–water partition coefficient (Wildman–Crippen LogP) is 3.49. The van der Waals surface area contributed by atoms with Gasteiger partial charge < -0.3 is 15.0 Å². The molecule has 1 aliphatic rings. The van der Waals surface area contributed by atoms with E-state index in [9.17, 15) is 18.0 Å². The van der Waals surface area contributed by atoms with E-state index in [0.29, 0.717) is 22.6 Å². The third-order valence-electron chi connectivity index (χ3n) is 6.22. The smallest absolute Gasteiger partial charge is 0.254 e. The summed E-state index contributed by atoms with van der Waals surface area (Å²) in [4.78, 5) is 28.5. The number of fused-ring (bicyclic) bond motifs is 1. The van der Waals surface area contributed by atoms with Crippen LogP contribution in [0.3, 0.4) is 0 Å². The van der Waals surface area contributed by atoms with Crippen LogP contribution >= 0.6 is 0 Å². The van der Waals surface area contributed by atoms with Gasteiger partial charge in [-0.3, -0.25) is 9.59 Å². The molecule has 0 unspecified atom stereocenters. The van der Waals surface area contributed by atoms with Crippen molar-refractivity contribution in [2.45, 2.75) is 16.9 Å². The number of sulfonamides is 1. The molecule has 0 spiro atoms. The highest BCUT2D eigenvalue weighted by atomic mass is 32.2. The van der Waals surface area contributed by atoms with Gasteiger partial charge >= 0.3 is 0 Å². The van der Waals surface area contributed by atoms with E-state index in [2.05, 4.69) is 5.32 Å². The maximum Gasteiger partial charge on any atom is 0.254 e. The van der Waals surface area contributed by atoms with Crippen molar-refractivity contribution >= 4 is 27.5 Å². The Kier molecular flexibility index (Phi) is 6.64. The Balaban J connectivity index is 1.71. The average molecular weight is 494 g/mol. The predicted molar refractivity (Wildman–Crippen MR) is 133 cm³/mol. The highest BCUT2D eigenvalue weighted by molar-refractivity contribution is 7.89. The molecule has 0 saturated carbocycles. The van der Waals surface area contributed by atoms with E-state index in [4.69, 9.17) is 4.74 Å². The van der Waals surface area contributed by atoms with Crippen LogP contribution < -0.4 is 10.1 Å². The summed E-state index contributed by atoms with van der Waals surface area (Å²) in [7, 11) is 2.61. The van der Waals surface area contributed by atoms with Crippen LogP contribution in [0.5, 0.6) is 5.75 Å². The van der Waals surface area contributed by atoms with Crippen molar-refractivity contribution in [2.24, 2.45) is 0 Å². The summed E-state index contributed by atoms with van der Waals surface area (Å²) in [6.45, 7) is 0. The standard InChI is InChI=1S/C26H27N3O5S/c1-28(2)35(32,33)20-15-11-18(12-16-20)27-25(30)23-21-7-5-6-8-22(21)26(31)29(3)24(23)17-9-13-19(34-4)14-10-17/h5-16,23-24H,1-4H3,(H,27,30)/t23-,24-/m0/s1. The third-order valence-corrected chi connectivity index (χ3v) is 8.05. The molecule has 0 bridgehead atoms. The normalized spacial score (nSPS) is 17.7. The molecule has 0 saturated heterocycles. The number of carbonyl (C=O) groups excluding carboxylic acids is 2. The maximum atomic E-state index is 13.7. The van der Waals surface area contributed by atoms with Crippen LogP contribution in [0.1, 0.15) is 33.4 Å². The Morgan fingerprint density at radius 1 is 0.971 bits per heavy atom. The first-order valence-corrected chi connectivity index (χ1v) is 12.4. The second kappa shape index (κ2) is 9.52. The molecule has 3 aromatic carbocycles. The average Bonchev–Trinajstić information content (AvgIpc) is 2.86. The summed E-state index contributed by atoms with van der Waals surface area (Å²) in [5.74, 6) is -0.482. The van der Waals surface area contributed by atoms with Gasteiger partial charge in [-0.1, -0.05) is 30.3 Å². The third kappa shape index (κ3) is 4.52. The first-order chi connectivity index (χ1) is 16.6. The molecular formula is C26H27N3O5S. The van der Waals surface area contributed by atoms with Crippen LogP contribution in [0.25, 0.3) is 0 Å². The number of benzene rings is 3. The van der Waals surface area contributed by atoms with Crippen LogP contribution in [0, 0.1) is 0 Å². The number of carbonyl (C=O) groups is 2. The van der Waals surface area contributed by atoms with Crippen molar-refractivity contribution in [2.75, 3.05) is 33.6 Å². The van der Waals surface area contributed by atoms with Crippen molar-refractivity contribution in [3.05, 3.63) is 89.5 Å². The quantitative estimate of drug-likeness (QED) is 0.567. The van der Waals surface area contributed by atoms with Crippen molar-refractivity contribution in [1.82, 2.24) is 9.21 Å². The highest BCUT2D eigenvalue weighted by Gasteiger charge is 2.42. The Hall–Kier alpha value is -3.69. The second-order valence-corrected chi connectivity index (χ2v) is 10.7. The first kappa shape index (κ1) is 24.4. The van der Waals surface area contributed by atoms with E-state index in [0.717, 1.165) is 9.87 Å². The molecule has 8 nitrogen and oxygen atoms in total. The summed E-state index contributed by atoms with van der Waals surface area (Å²) in [6.07, 6.45) is 0. The summed E-state index contributed by atoms with van der Waals surface area (Å²) in [5.41, 5.74) is 2.37. The number of methoxy groups -OCH3 is 1. The van der Waals surface area contributed by atoms with Gasteiger partial charge in [0.2, 0.25) is 15.9 Å². The number of rotatable bonds is 6. The van der Waals surface area contributed by atoms with E-state index < -0.39 is 22.0 Å². The van der Waals surface area contributed by atoms with E-state index in [1.54, 1.807) is 61.5 Å². The van der Waals surface area contributed by atoms with E-state index >= 15 is 0 Å². The molecule has 1 N–H and O–H groups in total.